The van der Waals surface area contributed by atoms with Crippen LogP contribution < -0.4 is 10.6 Å². The van der Waals surface area contributed by atoms with Gasteiger partial charge in [0.05, 0.1) is 0 Å². The molecule has 0 saturated heterocycles. The van der Waals surface area contributed by atoms with Crippen molar-refractivity contribution in [1.29, 1.82) is 0 Å². The molecule has 1 aliphatic heterocycles. The molecule has 0 saturated carbocycles. The summed E-state index contributed by atoms with van der Waals surface area (Å²) in [5.74, 6) is 0. The molecule has 0 aliphatic carbocycles. The average molecular weight is 232 g/mol. The number of fused-ring (bicyclic) bond motifs is 1. The Kier molecular flexibility index (Phi) is 3.17. The van der Waals surface area contributed by atoms with Crippen LogP contribution in [0.25, 0.3) is 0 Å². The van der Waals surface area contributed by atoms with Gasteiger partial charge in [-0.15, -0.1) is 0 Å². The fourth-order valence-electron chi connectivity index (χ4n) is 2.58. The van der Waals surface area contributed by atoms with Crippen LogP contribution in [-0.2, 0) is 6.42 Å². The summed E-state index contributed by atoms with van der Waals surface area (Å²) in [5.41, 5.74) is 10.6. The van der Waals surface area contributed by atoms with Gasteiger partial charge >= 0.3 is 0 Å². The number of nitrogens with zero attached hydrogens (tertiary/aromatic N) is 1. The van der Waals surface area contributed by atoms with Crippen molar-refractivity contribution in [2.24, 2.45) is 11.1 Å². The molecule has 17 heavy (non-hydrogen) atoms. The van der Waals surface area contributed by atoms with Crippen molar-refractivity contribution in [3.63, 3.8) is 0 Å². The van der Waals surface area contributed by atoms with E-state index in [0.717, 1.165) is 19.4 Å². The topological polar surface area (TPSA) is 29.3 Å². The monoisotopic (exact) mass is 232 g/mol. The van der Waals surface area contributed by atoms with Crippen LogP contribution in [-0.4, -0.2) is 13.6 Å². The van der Waals surface area contributed by atoms with Gasteiger partial charge in [-0.1, -0.05) is 32.9 Å². The molecule has 2 heteroatoms. The summed E-state index contributed by atoms with van der Waals surface area (Å²) in [4.78, 5) is 2.31. The molecule has 1 unspecified atom stereocenters. The van der Waals surface area contributed by atoms with E-state index in [-0.39, 0.29) is 6.04 Å². The molecule has 94 valence electrons. The first-order valence-corrected chi connectivity index (χ1v) is 6.46. The molecule has 0 fully saturated rings. The Morgan fingerprint density at radius 1 is 1.35 bits per heavy atom. The largest absolute Gasteiger partial charge is 0.374 e. The summed E-state index contributed by atoms with van der Waals surface area (Å²) in [6.07, 6.45) is 2.17. The van der Waals surface area contributed by atoms with Crippen molar-refractivity contribution in [1.82, 2.24) is 0 Å². The summed E-state index contributed by atoms with van der Waals surface area (Å²) in [7, 11) is 2.15. The highest BCUT2D eigenvalue weighted by Gasteiger charge is 2.21. The highest BCUT2D eigenvalue weighted by atomic mass is 15.1. The summed E-state index contributed by atoms with van der Waals surface area (Å²) in [5, 5.41) is 0. The molecular weight excluding hydrogens is 208 g/mol. The van der Waals surface area contributed by atoms with Crippen LogP contribution >= 0.6 is 0 Å². The minimum Gasteiger partial charge on any atom is -0.374 e. The standard InChI is InChI=1S/C15H24N2/c1-15(2,3)10-11-5-6-14-12(9-11)13(16)7-8-17(14)4/h5-6,9,13H,7-8,10,16H2,1-4H3. The molecule has 2 nitrogen and oxygen atoms in total. The summed E-state index contributed by atoms with van der Waals surface area (Å²) < 4.78 is 0. The van der Waals surface area contributed by atoms with E-state index in [1.807, 2.05) is 0 Å². The zero-order chi connectivity index (χ0) is 12.6. The van der Waals surface area contributed by atoms with E-state index in [1.54, 1.807) is 0 Å². The van der Waals surface area contributed by atoms with Crippen molar-refractivity contribution >= 4 is 5.69 Å². The van der Waals surface area contributed by atoms with Gasteiger partial charge in [0.1, 0.15) is 0 Å². The van der Waals surface area contributed by atoms with Crippen molar-refractivity contribution in [3.8, 4) is 0 Å². The predicted molar refractivity (Wildman–Crippen MR) is 74.4 cm³/mol. The van der Waals surface area contributed by atoms with Crippen molar-refractivity contribution in [3.05, 3.63) is 29.3 Å². The van der Waals surface area contributed by atoms with Crippen LogP contribution in [0.2, 0.25) is 0 Å². The van der Waals surface area contributed by atoms with Gasteiger partial charge in [-0.05, 0) is 35.4 Å². The SMILES string of the molecule is CN1CCC(N)c2cc(CC(C)(C)C)ccc21. The van der Waals surface area contributed by atoms with Gasteiger partial charge in [0.25, 0.3) is 0 Å². The molecule has 0 radical (unpaired) electrons. The van der Waals surface area contributed by atoms with Gasteiger partial charge in [-0.3, -0.25) is 0 Å². The van der Waals surface area contributed by atoms with Crippen molar-refractivity contribution in [2.45, 2.75) is 39.7 Å². The van der Waals surface area contributed by atoms with Gasteiger partial charge in [-0.25, -0.2) is 0 Å². The molecular formula is C15H24N2. The van der Waals surface area contributed by atoms with Crippen molar-refractivity contribution < 1.29 is 0 Å². The molecule has 0 spiro atoms. The average Bonchev–Trinajstić information content (AvgIpc) is 2.21. The predicted octanol–water partition coefficient (Wildman–Crippen LogP) is 3.11. The Labute approximate surface area is 105 Å². The highest BCUT2D eigenvalue weighted by Crippen LogP contribution is 2.33. The molecule has 1 heterocycles. The first kappa shape index (κ1) is 12.4. The normalized spacial score (nSPS) is 20.3. The number of nitrogens with two attached hydrogens (primary N) is 1. The smallest absolute Gasteiger partial charge is 0.0412 e. The lowest BCUT2D eigenvalue weighted by atomic mass is 9.86. The third-order valence-corrected chi connectivity index (χ3v) is 3.41. The third kappa shape index (κ3) is 2.81. The summed E-state index contributed by atoms with van der Waals surface area (Å²) in [6.45, 7) is 7.89. The lowest BCUT2D eigenvalue weighted by molar-refractivity contribution is 0.411. The van der Waals surface area contributed by atoms with E-state index in [0.29, 0.717) is 5.41 Å². The Balaban J connectivity index is 2.32. The minimum absolute atomic E-state index is 0.209. The van der Waals surface area contributed by atoms with Gasteiger partial charge in [0, 0.05) is 25.3 Å². The Morgan fingerprint density at radius 3 is 2.71 bits per heavy atom. The molecule has 1 aromatic rings. The first-order chi connectivity index (χ1) is 7.87. The third-order valence-electron chi connectivity index (χ3n) is 3.41. The lowest BCUT2D eigenvalue weighted by Crippen LogP contribution is -2.30. The second kappa shape index (κ2) is 4.34. The molecule has 0 bridgehead atoms. The number of anilines is 1. The molecule has 0 aromatic heterocycles. The number of hydrogen-bond acceptors (Lipinski definition) is 2. The van der Waals surface area contributed by atoms with E-state index in [4.69, 9.17) is 5.73 Å². The van der Waals surface area contributed by atoms with E-state index in [2.05, 4.69) is 50.9 Å². The Morgan fingerprint density at radius 2 is 2.06 bits per heavy atom. The van der Waals surface area contributed by atoms with Gasteiger partial charge < -0.3 is 10.6 Å². The van der Waals surface area contributed by atoms with Crippen LogP contribution in [0.15, 0.2) is 18.2 Å². The number of rotatable bonds is 1. The zero-order valence-corrected chi connectivity index (χ0v) is 11.5. The zero-order valence-electron chi connectivity index (χ0n) is 11.5. The summed E-state index contributed by atoms with van der Waals surface area (Å²) >= 11 is 0. The molecule has 2 rings (SSSR count). The maximum atomic E-state index is 6.21. The van der Waals surface area contributed by atoms with Crippen LogP contribution in [0.5, 0.6) is 0 Å². The highest BCUT2D eigenvalue weighted by molar-refractivity contribution is 5.57. The van der Waals surface area contributed by atoms with Crippen LogP contribution in [0.3, 0.4) is 0 Å². The van der Waals surface area contributed by atoms with Crippen LogP contribution in [0.1, 0.15) is 44.4 Å². The summed E-state index contributed by atoms with van der Waals surface area (Å²) in [6, 6.07) is 7.00. The fourth-order valence-corrected chi connectivity index (χ4v) is 2.58. The van der Waals surface area contributed by atoms with Crippen LogP contribution in [0, 0.1) is 5.41 Å². The first-order valence-electron chi connectivity index (χ1n) is 6.46. The molecule has 1 aromatic carbocycles. The Bertz CT molecular complexity index is 404. The van der Waals surface area contributed by atoms with Gasteiger partial charge in [0.2, 0.25) is 0 Å². The lowest BCUT2D eigenvalue weighted by Gasteiger charge is -2.32. The quantitative estimate of drug-likeness (QED) is 0.806. The molecule has 1 atom stereocenters. The Hall–Kier alpha value is -1.02. The maximum absolute atomic E-state index is 6.21. The number of hydrogen-bond donors (Lipinski definition) is 1. The van der Waals surface area contributed by atoms with E-state index in [9.17, 15) is 0 Å². The molecule has 1 aliphatic rings. The second-order valence-electron chi connectivity index (χ2n) is 6.45. The van der Waals surface area contributed by atoms with E-state index in [1.165, 1.54) is 16.8 Å². The van der Waals surface area contributed by atoms with E-state index >= 15 is 0 Å². The van der Waals surface area contributed by atoms with Gasteiger partial charge in [-0.2, -0.15) is 0 Å². The van der Waals surface area contributed by atoms with E-state index < -0.39 is 0 Å². The minimum atomic E-state index is 0.209. The van der Waals surface area contributed by atoms with Crippen molar-refractivity contribution in [2.75, 3.05) is 18.5 Å². The molecule has 2 N–H and O–H groups in total. The number of benzene rings is 1. The molecule has 0 amide bonds. The maximum Gasteiger partial charge on any atom is 0.0412 e. The fraction of sp³-hybridized carbons (Fsp3) is 0.600. The van der Waals surface area contributed by atoms with Gasteiger partial charge in [0.15, 0.2) is 0 Å². The van der Waals surface area contributed by atoms with Crippen LogP contribution in [0.4, 0.5) is 5.69 Å². The second-order valence-corrected chi connectivity index (χ2v) is 6.45.